The van der Waals surface area contributed by atoms with Gasteiger partial charge in [0.05, 0.1) is 0 Å². The first-order chi connectivity index (χ1) is 11.4. The van der Waals surface area contributed by atoms with Crippen LogP contribution in [0.25, 0.3) is 6.08 Å². The summed E-state index contributed by atoms with van der Waals surface area (Å²) < 4.78 is 39.7. The van der Waals surface area contributed by atoms with E-state index < -0.39 is 12.6 Å². The van der Waals surface area contributed by atoms with E-state index in [1.54, 1.807) is 18.2 Å². The Morgan fingerprint density at radius 2 is 1.83 bits per heavy atom. The zero-order valence-corrected chi connectivity index (χ0v) is 13.8. The molecule has 0 heterocycles. The molecule has 2 aromatic carbocycles. The van der Waals surface area contributed by atoms with Crippen molar-refractivity contribution in [2.75, 3.05) is 5.32 Å². The zero-order valence-electron chi connectivity index (χ0n) is 13.8. The number of allylic oxidation sites excluding steroid dienone is 1. The van der Waals surface area contributed by atoms with E-state index in [1.165, 1.54) is 0 Å². The second-order valence-corrected chi connectivity index (χ2v) is 6.40. The number of anilines is 1. The number of aryl methyl sites for hydroxylation is 1. The van der Waals surface area contributed by atoms with E-state index >= 15 is 0 Å². The first-order valence-electron chi connectivity index (χ1n) is 7.97. The third kappa shape index (κ3) is 3.48. The molecule has 0 saturated heterocycles. The summed E-state index contributed by atoms with van der Waals surface area (Å²) in [6, 6.07) is 11.3. The highest BCUT2D eigenvalue weighted by Gasteiger charge is 2.30. The minimum absolute atomic E-state index is 0.161. The molecule has 0 saturated carbocycles. The van der Waals surface area contributed by atoms with Crippen LogP contribution in [0.5, 0.6) is 0 Å². The molecule has 2 aromatic rings. The fraction of sp³-hybridized carbons (Fsp3) is 0.300. The Balaban J connectivity index is 1.75. The molecule has 0 aromatic heterocycles. The molecule has 24 heavy (non-hydrogen) atoms. The van der Waals surface area contributed by atoms with Crippen LogP contribution < -0.4 is 5.32 Å². The van der Waals surface area contributed by atoms with Gasteiger partial charge in [0, 0.05) is 31.1 Å². The van der Waals surface area contributed by atoms with Gasteiger partial charge < -0.3 is 5.32 Å². The van der Waals surface area contributed by atoms with Crippen molar-refractivity contribution in [1.82, 2.24) is 0 Å². The first kappa shape index (κ1) is 16.6. The van der Waals surface area contributed by atoms with Crippen LogP contribution >= 0.6 is 0 Å². The van der Waals surface area contributed by atoms with E-state index in [1.807, 2.05) is 31.2 Å². The maximum Gasteiger partial charge on any atom is 0.267 e. The van der Waals surface area contributed by atoms with Gasteiger partial charge in [0.2, 0.25) is 0 Å². The van der Waals surface area contributed by atoms with Crippen molar-refractivity contribution in [3.63, 3.8) is 0 Å². The summed E-state index contributed by atoms with van der Waals surface area (Å²) in [7, 11) is 0. The second-order valence-electron chi connectivity index (χ2n) is 6.40. The van der Waals surface area contributed by atoms with Gasteiger partial charge in [-0.05, 0) is 52.9 Å². The number of rotatable bonds is 5. The number of alkyl halides is 3. The number of halogens is 3. The van der Waals surface area contributed by atoms with E-state index in [9.17, 15) is 13.2 Å². The lowest BCUT2D eigenvalue weighted by atomic mass is 10.0. The molecular formula is C20H20F3N. The quantitative estimate of drug-likeness (QED) is 0.744. The summed E-state index contributed by atoms with van der Waals surface area (Å²) >= 11 is 0. The van der Waals surface area contributed by atoms with Crippen molar-refractivity contribution in [3.8, 4) is 0 Å². The van der Waals surface area contributed by atoms with Crippen molar-refractivity contribution in [2.45, 2.75) is 39.4 Å². The molecule has 0 aliphatic heterocycles. The normalized spacial score (nSPS) is 13.6. The third-order valence-electron chi connectivity index (χ3n) is 4.42. The van der Waals surface area contributed by atoms with Crippen molar-refractivity contribution in [2.24, 2.45) is 0 Å². The summed E-state index contributed by atoms with van der Waals surface area (Å²) in [6.07, 6.45) is 1.90. The molecule has 0 unspecified atom stereocenters. The highest BCUT2D eigenvalue weighted by molar-refractivity contribution is 5.66. The fourth-order valence-electron chi connectivity index (χ4n) is 2.92. The van der Waals surface area contributed by atoms with E-state index in [0.29, 0.717) is 18.5 Å². The summed E-state index contributed by atoms with van der Waals surface area (Å²) in [5.74, 6) is -2.78. The average molecular weight is 331 g/mol. The second kappa shape index (κ2) is 6.34. The molecule has 0 amide bonds. The summed E-state index contributed by atoms with van der Waals surface area (Å²) in [5.41, 5.74) is 5.54. The van der Waals surface area contributed by atoms with Gasteiger partial charge >= 0.3 is 0 Å². The van der Waals surface area contributed by atoms with Crippen LogP contribution in [0.4, 0.5) is 18.9 Å². The molecule has 0 fully saturated rings. The lowest BCUT2D eigenvalue weighted by Crippen LogP contribution is -2.13. The molecule has 0 radical (unpaired) electrons. The van der Waals surface area contributed by atoms with Gasteiger partial charge in [0.25, 0.3) is 5.92 Å². The van der Waals surface area contributed by atoms with Gasteiger partial charge in [-0.25, -0.2) is 13.2 Å². The van der Waals surface area contributed by atoms with Crippen molar-refractivity contribution in [3.05, 3.63) is 69.8 Å². The van der Waals surface area contributed by atoms with Crippen LogP contribution in [0, 0.1) is 6.92 Å². The minimum atomic E-state index is -2.78. The molecule has 0 atom stereocenters. The Morgan fingerprint density at radius 3 is 2.54 bits per heavy atom. The average Bonchev–Trinajstić information content (AvgIpc) is 2.97. The number of hydrogen-bond acceptors (Lipinski definition) is 1. The van der Waals surface area contributed by atoms with E-state index in [-0.39, 0.29) is 5.57 Å². The first-order valence-corrected chi connectivity index (χ1v) is 7.97. The highest BCUT2D eigenvalue weighted by atomic mass is 19.3. The Hall–Kier alpha value is -2.23. The van der Waals surface area contributed by atoms with Crippen molar-refractivity contribution in [1.29, 1.82) is 0 Å². The summed E-state index contributed by atoms with van der Waals surface area (Å²) in [4.78, 5) is 0. The molecule has 1 N–H and O–H groups in total. The molecule has 4 heteroatoms. The van der Waals surface area contributed by atoms with E-state index in [2.05, 4.69) is 5.32 Å². The molecule has 0 bridgehead atoms. The minimum Gasteiger partial charge on any atom is -0.381 e. The SMILES string of the molecule is Cc1ccc(CF)cc1NCc1ccc2c(c1)C=C(C(C)(F)F)C2. The summed E-state index contributed by atoms with van der Waals surface area (Å²) in [6.45, 7) is 2.97. The Bertz CT molecular complexity index is 788. The van der Waals surface area contributed by atoms with Crippen LogP contribution in [0.2, 0.25) is 0 Å². The Labute approximate surface area is 140 Å². The van der Waals surface area contributed by atoms with Crippen LogP contribution in [0.3, 0.4) is 0 Å². The molecule has 126 valence electrons. The monoisotopic (exact) mass is 331 g/mol. The van der Waals surface area contributed by atoms with Crippen LogP contribution in [0.1, 0.15) is 34.7 Å². The number of fused-ring (bicyclic) bond motifs is 1. The fourth-order valence-corrected chi connectivity index (χ4v) is 2.92. The number of benzene rings is 2. The van der Waals surface area contributed by atoms with Gasteiger partial charge in [-0.3, -0.25) is 0 Å². The van der Waals surface area contributed by atoms with Gasteiger partial charge in [0.1, 0.15) is 6.67 Å². The Morgan fingerprint density at radius 1 is 1.08 bits per heavy atom. The van der Waals surface area contributed by atoms with Gasteiger partial charge in [-0.1, -0.05) is 24.3 Å². The lowest BCUT2D eigenvalue weighted by Gasteiger charge is -2.12. The van der Waals surface area contributed by atoms with E-state index in [0.717, 1.165) is 34.9 Å². The van der Waals surface area contributed by atoms with Gasteiger partial charge in [-0.15, -0.1) is 0 Å². The van der Waals surface area contributed by atoms with Crippen molar-refractivity contribution >= 4 is 11.8 Å². The highest BCUT2D eigenvalue weighted by Crippen LogP contribution is 2.35. The van der Waals surface area contributed by atoms with Gasteiger partial charge in [0.15, 0.2) is 0 Å². The third-order valence-corrected chi connectivity index (χ3v) is 4.42. The van der Waals surface area contributed by atoms with Crippen LogP contribution in [0.15, 0.2) is 42.0 Å². The largest absolute Gasteiger partial charge is 0.381 e. The predicted octanol–water partition coefficient (Wildman–Crippen LogP) is 5.67. The molecule has 0 spiro atoms. The topological polar surface area (TPSA) is 12.0 Å². The Kier molecular flexibility index (Phi) is 4.39. The molecular weight excluding hydrogens is 311 g/mol. The van der Waals surface area contributed by atoms with Crippen molar-refractivity contribution < 1.29 is 13.2 Å². The number of hydrogen-bond donors (Lipinski definition) is 1. The maximum absolute atomic E-state index is 13.5. The molecule has 3 rings (SSSR count). The molecule has 1 aliphatic carbocycles. The van der Waals surface area contributed by atoms with Crippen LogP contribution in [-0.4, -0.2) is 5.92 Å². The van der Waals surface area contributed by atoms with Gasteiger partial charge in [-0.2, -0.15) is 0 Å². The standard InChI is InChI=1S/C20H20F3N/c1-13-3-4-14(11-21)8-19(13)24-12-15-5-6-16-9-18(20(2,22)23)10-17(16)7-15/h3-8,10,24H,9,11-12H2,1-2H3. The lowest BCUT2D eigenvalue weighted by molar-refractivity contribution is 0.0627. The van der Waals surface area contributed by atoms with Crippen LogP contribution in [-0.2, 0) is 19.6 Å². The number of nitrogens with one attached hydrogen (secondary N) is 1. The molecule has 1 aliphatic rings. The zero-order chi connectivity index (χ0) is 17.3. The molecule has 1 nitrogen and oxygen atoms in total. The summed E-state index contributed by atoms with van der Waals surface area (Å²) in [5, 5.41) is 3.30. The predicted molar refractivity (Wildman–Crippen MR) is 92.1 cm³/mol. The van der Waals surface area contributed by atoms with E-state index in [4.69, 9.17) is 0 Å². The smallest absolute Gasteiger partial charge is 0.267 e. The maximum atomic E-state index is 13.5.